The monoisotopic (exact) mass is 268 g/mol. The van der Waals surface area contributed by atoms with Crippen LogP contribution < -0.4 is 0 Å². The van der Waals surface area contributed by atoms with E-state index >= 15 is 0 Å². The first-order valence-electron chi connectivity index (χ1n) is 7.64. The van der Waals surface area contributed by atoms with E-state index in [-0.39, 0.29) is 24.0 Å². The van der Waals surface area contributed by atoms with Gasteiger partial charge < -0.3 is 10.0 Å². The van der Waals surface area contributed by atoms with Gasteiger partial charge in [-0.05, 0) is 39.3 Å². The molecule has 1 saturated heterocycles. The highest BCUT2D eigenvalue weighted by Crippen LogP contribution is 2.41. The van der Waals surface area contributed by atoms with Crippen molar-refractivity contribution in [3.63, 3.8) is 0 Å². The van der Waals surface area contributed by atoms with Gasteiger partial charge in [0.15, 0.2) is 0 Å². The third kappa shape index (κ3) is 3.29. The summed E-state index contributed by atoms with van der Waals surface area (Å²) in [4.78, 5) is 16.7. The molecule has 0 spiro atoms. The second-order valence-corrected chi connectivity index (χ2v) is 6.55. The maximum atomic E-state index is 12.6. The van der Waals surface area contributed by atoms with Crippen molar-refractivity contribution in [3.05, 3.63) is 0 Å². The molecule has 1 atom stereocenters. The van der Waals surface area contributed by atoms with Crippen molar-refractivity contribution in [2.45, 2.75) is 51.0 Å². The van der Waals surface area contributed by atoms with Crippen molar-refractivity contribution in [2.24, 2.45) is 5.41 Å². The van der Waals surface area contributed by atoms with Gasteiger partial charge in [-0.25, -0.2) is 0 Å². The Morgan fingerprint density at radius 3 is 2.63 bits per heavy atom. The number of rotatable bonds is 4. The van der Waals surface area contributed by atoms with Gasteiger partial charge in [-0.15, -0.1) is 0 Å². The number of likely N-dealkylation sites (tertiary alicyclic amines) is 1. The zero-order valence-electron chi connectivity index (χ0n) is 12.4. The Morgan fingerprint density at radius 1 is 1.32 bits per heavy atom. The van der Waals surface area contributed by atoms with Crippen molar-refractivity contribution in [1.82, 2.24) is 9.80 Å². The Kier molecular flexibility index (Phi) is 4.85. The van der Waals surface area contributed by atoms with E-state index in [1.54, 1.807) is 0 Å². The normalized spacial score (nSPS) is 27.4. The number of hydrogen-bond acceptors (Lipinski definition) is 3. The molecule has 2 aliphatic rings. The number of nitrogens with zero attached hydrogens (tertiary/aromatic N) is 2. The molecule has 0 bridgehead atoms. The first-order valence-corrected chi connectivity index (χ1v) is 7.64. The molecule has 1 saturated carbocycles. The van der Waals surface area contributed by atoms with Crippen LogP contribution in [0.15, 0.2) is 0 Å². The molecule has 0 unspecified atom stereocenters. The highest BCUT2D eigenvalue weighted by atomic mass is 16.3. The standard InChI is InChI=1S/C15H28N2O2/c1-16-10-5-3-4-7-13(16)14(19)17(2)11-15(12-18)8-6-9-15/h13,18H,3-12H2,1-2H3/t13-/m0/s1. The van der Waals surface area contributed by atoms with E-state index in [1.807, 2.05) is 11.9 Å². The van der Waals surface area contributed by atoms with E-state index in [2.05, 4.69) is 11.9 Å². The number of aliphatic hydroxyl groups excluding tert-OH is 1. The Bertz CT molecular complexity index is 310. The van der Waals surface area contributed by atoms with Crippen LogP contribution in [0.3, 0.4) is 0 Å². The average Bonchev–Trinajstić information content (AvgIpc) is 2.57. The molecule has 0 aromatic rings. The minimum absolute atomic E-state index is 0.00624. The highest BCUT2D eigenvalue weighted by molar-refractivity contribution is 5.81. The maximum Gasteiger partial charge on any atom is 0.239 e. The van der Waals surface area contributed by atoms with Gasteiger partial charge in [-0.3, -0.25) is 9.69 Å². The van der Waals surface area contributed by atoms with Gasteiger partial charge in [0.25, 0.3) is 0 Å². The second-order valence-electron chi connectivity index (χ2n) is 6.55. The van der Waals surface area contributed by atoms with Crippen LogP contribution in [0.25, 0.3) is 0 Å². The van der Waals surface area contributed by atoms with Crippen LogP contribution in [-0.4, -0.2) is 60.6 Å². The number of aliphatic hydroxyl groups is 1. The summed E-state index contributed by atoms with van der Waals surface area (Å²) in [5, 5.41) is 9.53. The van der Waals surface area contributed by atoms with E-state index in [0.29, 0.717) is 6.54 Å². The molecular formula is C15H28N2O2. The molecular weight excluding hydrogens is 240 g/mol. The van der Waals surface area contributed by atoms with Crippen LogP contribution in [0.1, 0.15) is 44.9 Å². The van der Waals surface area contributed by atoms with Crippen molar-refractivity contribution in [1.29, 1.82) is 0 Å². The fraction of sp³-hybridized carbons (Fsp3) is 0.933. The molecule has 0 aromatic heterocycles. The lowest BCUT2D eigenvalue weighted by molar-refractivity contribution is -0.138. The van der Waals surface area contributed by atoms with Crippen molar-refractivity contribution < 1.29 is 9.90 Å². The molecule has 1 aliphatic carbocycles. The molecule has 2 rings (SSSR count). The van der Waals surface area contributed by atoms with E-state index in [1.165, 1.54) is 19.3 Å². The molecule has 0 radical (unpaired) electrons. The van der Waals surface area contributed by atoms with E-state index in [4.69, 9.17) is 0 Å². The van der Waals surface area contributed by atoms with Crippen LogP contribution in [-0.2, 0) is 4.79 Å². The van der Waals surface area contributed by atoms with Crippen molar-refractivity contribution in [2.75, 3.05) is 33.8 Å². The van der Waals surface area contributed by atoms with E-state index in [9.17, 15) is 9.90 Å². The Labute approximate surface area is 116 Å². The summed E-state index contributed by atoms with van der Waals surface area (Å²) < 4.78 is 0. The van der Waals surface area contributed by atoms with Crippen molar-refractivity contribution >= 4 is 5.91 Å². The Balaban J connectivity index is 1.93. The first kappa shape index (κ1) is 14.8. The molecule has 110 valence electrons. The van der Waals surface area contributed by atoms with Crippen LogP contribution in [0.5, 0.6) is 0 Å². The summed E-state index contributed by atoms with van der Waals surface area (Å²) in [7, 11) is 3.96. The van der Waals surface area contributed by atoms with Crippen molar-refractivity contribution in [3.8, 4) is 0 Å². The molecule has 4 heteroatoms. The number of amides is 1. The number of carbonyl (C=O) groups is 1. The number of likely N-dealkylation sites (N-methyl/N-ethyl adjacent to an activating group) is 2. The fourth-order valence-electron chi connectivity index (χ4n) is 3.44. The lowest BCUT2D eigenvalue weighted by Gasteiger charge is -2.43. The molecule has 1 N–H and O–H groups in total. The lowest BCUT2D eigenvalue weighted by Crippen LogP contribution is -2.51. The number of hydrogen-bond donors (Lipinski definition) is 1. The zero-order chi connectivity index (χ0) is 13.9. The predicted octanol–water partition coefficient (Wildman–Crippen LogP) is 1.48. The minimum Gasteiger partial charge on any atom is -0.396 e. The first-order chi connectivity index (χ1) is 9.08. The van der Waals surface area contributed by atoms with Crippen LogP contribution in [0, 0.1) is 5.41 Å². The lowest BCUT2D eigenvalue weighted by atomic mass is 9.69. The van der Waals surface area contributed by atoms with Crippen LogP contribution in [0.2, 0.25) is 0 Å². The average molecular weight is 268 g/mol. The molecule has 0 aromatic carbocycles. The minimum atomic E-state index is -0.00624. The molecule has 2 fully saturated rings. The SMILES string of the molecule is CN(CC1(CO)CCC1)C(=O)[C@@H]1CCCCCN1C. The Morgan fingerprint density at radius 2 is 2.05 bits per heavy atom. The molecule has 1 heterocycles. The summed E-state index contributed by atoms with van der Waals surface area (Å²) in [5.74, 6) is 0.240. The molecule has 1 amide bonds. The van der Waals surface area contributed by atoms with Crippen LogP contribution >= 0.6 is 0 Å². The third-order valence-corrected chi connectivity index (χ3v) is 5.00. The molecule has 1 aliphatic heterocycles. The molecule has 4 nitrogen and oxygen atoms in total. The molecule has 19 heavy (non-hydrogen) atoms. The van der Waals surface area contributed by atoms with E-state index < -0.39 is 0 Å². The van der Waals surface area contributed by atoms with Gasteiger partial charge in [-0.2, -0.15) is 0 Å². The van der Waals surface area contributed by atoms with Gasteiger partial charge in [0.05, 0.1) is 12.6 Å². The largest absolute Gasteiger partial charge is 0.396 e. The summed E-state index contributed by atoms with van der Waals surface area (Å²) in [6.45, 7) is 1.95. The summed E-state index contributed by atoms with van der Waals surface area (Å²) in [6, 6.07) is 0.0447. The van der Waals surface area contributed by atoms with E-state index in [0.717, 1.165) is 32.2 Å². The summed E-state index contributed by atoms with van der Waals surface area (Å²) in [5.41, 5.74) is -0.00624. The Hall–Kier alpha value is -0.610. The third-order valence-electron chi connectivity index (χ3n) is 5.00. The van der Waals surface area contributed by atoms with Gasteiger partial charge in [-0.1, -0.05) is 19.3 Å². The number of carbonyl (C=O) groups excluding carboxylic acids is 1. The van der Waals surface area contributed by atoms with Gasteiger partial charge >= 0.3 is 0 Å². The quantitative estimate of drug-likeness (QED) is 0.840. The predicted molar refractivity (Wildman–Crippen MR) is 75.9 cm³/mol. The van der Waals surface area contributed by atoms with Gasteiger partial charge in [0, 0.05) is 19.0 Å². The summed E-state index contributed by atoms with van der Waals surface area (Å²) in [6.07, 6.45) is 7.86. The second kappa shape index (κ2) is 6.23. The van der Waals surface area contributed by atoms with Crippen LogP contribution in [0.4, 0.5) is 0 Å². The maximum absolute atomic E-state index is 12.6. The van der Waals surface area contributed by atoms with Gasteiger partial charge in [0.1, 0.15) is 0 Å². The van der Waals surface area contributed by atoms with Gasteiger partial charge in [0.2, 0.25) is 5.91 Å². The highest BCUT2D eigenvalue weighted by Gasteiger charge is 2.39. The topological polar surface area (TPSA) is 43.8 Å². The fourth-order valence-corrected chi connectivity index (χ4v) is 3.44. The zero-order valence-corrected chi connectivity index (χ0v) is 12.4. The smallest absolute Gasteiger partial charge is 0.239 e. The summed E-state index contributed by atoms with van der Waals surface area (Å²) >= 11 is 0.